The summed E-state index contributed by atoms with van der Waals surface area (Å²) in [6.07, 6.45) is 0. The minimum Gasteiger partial charge on any atom is -0.396 e. The third-order valence-corrected chi connectivity index (χ3v) is 3.78. The van der Waals surface area contributed by atoms with E-state index < -0.39 is 0 Å². The first-order chi connectivity index (χ1) is 10.1. The van der Waals surface area contributed by atoms with Crippen molar-refractivity contribution in [3.8, 4) is 0 Å². The number of nitrogens with two attached hydrogens (primary N) is 1. The average molecular weight is 281 g/mol. The lowest BCUT2D eigenvalue weighted by molar-refractivity contribution is 0.0980. The first-order valence-corrected chi connectivity index (χ1v) is 6.60. The number of hydrogen-bond donors (Lipinski definition) is 3. The van der Waals surface area contributed by atoms with E-state index >= 15 is 0 Å². The summed E-state index contributed by atoms with van der Waals surface area (Å²) in [5.74, 6) is -0.398. The van der Waals surface area contributed by atoms with Gasteiger partial charge < -0.3 is 16.4 Å². The Morgan fingerprint density at radius 1 is 0.857 bits per heavy atom. The van der Waals surface area contributed by atoms with Gasteiger partial charge in [0.15, 0.2) is 11.6 Å². The van der Waals surface area contributed by atoms with Crippen LogP contribution in [0.25, 0.3) is 0 Å². The number of carbonyl (C=O) groups is 2. The number of nitrogens with one attached hydrogen (secondary N) is 2. The normalized spacial score (nSPS) is 12.7. The number of benzene rings is 2. The number of anilines is 3. The van der Waals surface area contributed by atoms with Crippen LogP contribution in [-0.4, -0.2) is 25.7 Å². The predicted octanol–water partition coefficient (Wildman–Crippen LogP) is 2.13. The molecule has 0 radical (unpaired) electrons. The topological polar surface area (TPSA) is 84.2 Å². The second kappa shape index (κ2) is 4.63. The van der Waals surface area contributed by atoms with Crippen LogP contribution in [-0.2, 0) is 0 Å². The van der Waals surface area contributed by atoms with E-state index in [0.29, 0.717) is 33.8 Å². The molecule has 5 heteroatoms. The minimum absolute atomic E-state index is 0.182. The van der Waals surface area contributed by atoms with E-state index in [0.717, 1.165) is 0 Å². The molecule has 5 nitrogen and oxygen atoms in total. The van der Waals surface area contributed by atoms with Gasteiger partial charge in [-0.3, -0.25) is 9.59 Å². The molecule has 4 N–H and O–H groups in total. The molecule has 0 saturated carbocycles. The summed E-state index contributed by atoms with van der Waals surface area (Å²) in [5.41, 5.74) is 9.04. The fourth-order valence-electron chi connectivity index (χ4n) is 2.72. The van der Waals surface area contributed by atoms with Gasteiger partial charge >= 0.3 is 0 Å². The first kappa shape index (κ1) is 13.2. The summed E-state index contributed by atoms with van der Waals surface area (Å²) in [7, 11) is 3.43. The highest BCUT2D eigenvalue weighted by molar-refractivity contribution is 6.32. The average Bonchev–Trinajstić information content (AvgIpc) is 2.52. The lowest BCUT2D eigenvalue weighted by atomic mass is 9.82. The summed E-state index contributed by atoms with van der Waals surface area (Å²) in [6, 6.07) is 8.56. The second-order valence-corrected chi connectivity index (χ2v) is 4.84. The quantitative estimate of drug-likeness (QED) is 0.627. The number of rotatable bonds is 2. The van der Waals surface area contributed by atoms with Gasteiger partial charge in [-0.1, -0.05) is 24.3 Å². The summed E-state index contributed by atoms with van der Waals surface area (Å²) >= 11 is 0. The van der Waals surface area contributed by atoms with Gasteiger partial charge in [-0.25, -0.2) is 0 Å². The Morgan fingerprint density at radius 2 is 1.38 bits per heavy atom. The maximum atomic E-state index is 12.7. The molecule has 0 spiro atoms. The van der Waals surface area contributed by atoms with Crippen molar-refractivity contribution in [2.45, 2.75) is 0 Å². The van der Waals surface area contributed by atoms with E-state index in [1.807, 2.05) is 0 Å². The first-order valence-electron chi connectivity index (χ1n) is 6.60. The van der Waals surface area contributed by atoms with Gasteiger partial charge in [0, 0.05) is 30.9 Å². The van der Waals surface area contributed by atoms with Crippen LogP contribution in [0.3, 0.4) is 0 Å². The maximum absolute atomic E-state index is 12.7. The van der Waals surface area contributed by atoms with E-state index in [1.165, 1.54) is 0 Å². The molecule has 0 atom stereocenters. The molecule has 0 unspecified atom stereocenters. The van der Waals surface area contributed by atoms with Crippen LogP contribution in [0.1, 0.15) is 31.8 Å². The Labute approximate surface area is 122 Å². The van der Waals surface area contributed by atoms with Gasteiger partial charge in [0.25, 0.3) is 0 Å². The van der Waals surface area contributed by atoms with E-state index in [-0.39, 0.29) is 17.1 Å². The number of ketones is 2. The molecule has 21 heavy (non-hydrogen) atoms. The van der Waals surface area contributed by atoms with Crippen molar-refractivity contribution < 1.29 is 9.59 Å². The number of fused-ring (bicyclic) bond motifs is 2. The van der Waals surface area contributed by atoms with E-state index in [4.69, 9.17) is 5.73 Å². The van der Waals surface area contributed by atoms with Crippen LogP contribution in [0, 0.1) is 0 Å². The molecular weight excluding hydrogens is 266 g/mol. The zero-order chi connectivity index (χ0) is 15.1. The molecule has 0 saturated heterocycles. The molecule has 0 aromatic heterocycles. The van der Waals surface area contributed by atoms with Crippen molar-refractivity contribution >= 4 is 28.6 Å². The lowest BCUT2D eigenvalue weighted by Gasteiger charge is -2.23. The molecule has 0 aliphatic heterocycles. The molecular formula is C16H15N3O2. The smallest absolute Gasteiger partial charge is 0.196 e. The fraction of sp³-hybridized carbons (Fsp3) is 0.125. The Morgan fingerprint density at radius 3 is 1.90 bits per heavy atom. The van der Waals surface area contributed by atoms with E-state index in [2.05, 4.69) is 10.6 Å². The van der Waals surface area contributed by atoms with Crippen LogP contribution in [0.4, 0.5) is 17.1 Å². The third kappa shape index (κ3) is 1.71. The highest BCUT2D eigenvalue weighted by Gasteiger charge is 2.34. The van der Waals surface area contributed by atoms with Crippen molar-refractivity contribution in [2.24, 2.45) is 0 Å². The SMILES string of the molecule is CNc1cc(NC)c2c(c1N)C(=O)c1ccccc1C2=O. The zero-order valence-electron chi connectivity index (χ0n) is 11.8. The fourth-order valence-corrected chi connectivity index (χ4v) is 2.72. The summed E-state index contributed by atoms with van der Waals surface area (Å²) < 4.78 is 0. The monoisotopic (exact) mass is 281 g/mol. The van der Waals surface area contributed by atoms with E-state index in [9.17, 15) is 9.59 Å². The molecule has 2 aromatic rings. The molecule has 0 amide bonds. The van der Waals surface area contributed by atoms with Crippen molar-refractivity contribution in [1.82, 2.24) is 0 Å². The van der Waals surface area contributed by atoms with Gasteiger partial charge in [0.1, 0.15) is 0 Å². The van der Waals surface area contributed by atoms with Gasteiger partial charge in [-0.15, -0.1) is 0 Å². The molecule has 1 aliphatic carbocycles. The Balaban J connectivity index is 2.39. The highest BCUT2D eigenvalue weighted by atomic mass is 16.1. The van der Waals surface area contributed by atoms with Gasteiger partial charge in [-0.05, 0) is 6.07 Å². The van der Waals surface area contributed by atoms with Crippen LogP contribution in [0.15, 0.2) is 30.3 Å². The number of carbonyl (C=O) groups excluding carboxylic acids is 2. The van der Waals surface area contributed by atoms with Crippen molar-refractivity contribution in [3.63, 3.8) is 0 Å². The largest absolute Gasteiger partial charge is 0.396 e. The Kier molecular flexibility index (Phi) is 2.90. The molecule has 0 fully saturated rings. The highest BCUT2D eigenvalue weighted by Crippen LogP contribution is 2.39. The van der Waals surface area contributed by atoms with Gasteiger partial charge in [-0.2, -0.15) is 0 Å². The van der Waals surface area contributed by atoms with Crippen LogP contribution >= 0.6 is 0 Å². The van der Waals surface area contributed by atoms with Crippen LogP contribution in [0.2, 0.25) is 0 Å². The van der Waals surface area contributed by atoms with Crippen LogP contribution in [0.5, 0.6) is 0 Å². The number of hydrogen-bond acceptors (Lipinski definition) is 5. The summed E-state index contributed by atoms with van der Waals surface area (Å²) in [4.78, 5) is 25.4. The zero-order valence-corrected chi connectivity index (χ0v) is 11.8. The number of nitrogen functional groups attached to an aromatic ring is 1. The molecule has 0 heterocycles. The van der Waals surface area contributed by atoms with Crippen molar-refractivity contribution in [3.05, 3.63) is 52.6 Å². The molecule has 3 rings (SSSR count). The summed E-state index contributed by atoms with van der Waals surface area (Å²) in [6.45, 7) is 0. The second-order valence-electron chi connectivity index (χ2n) is 4.84. The predicted molar refractivity (Wildman–Crippen MR) is 83.3 cm³/mol. The summed E-state index contributed by atoms with van der Waals surface area (Å²) in [5, 5.41) is 5.92. The Hall–Kier alpha value is -2.82. The van der Waals surface area contributed by atoms with Gasteiger partial charge in [0.2, 0.25) is 0 Å². The molecule has 106 valence electrons. The van der Waals surface area contributed by atoms with Crippen molar-refractivity contribution in [1.29, 1.82) is 0 Å². The minimum atomic E-state index is -0.216. The maximum Gasteiger partial charge on any atom is 0.196 e. The van der Waals surface area contributed by atoms with Gasteiger partial charge in [0.05, 0.1) is 22.5 Å². The molecule has 1 aliphatic rings. The Bertz CT molecular complexity index is 781. The molecule has 2 aromatic carbocycles. The van der Waals surface area contributed by atoms with Crippen LogP contribution < -0.4 is 16.4 Å². The molecule has 0 bridgehead atoms. The van der Waals surface area contributed by atoms with Crippen molar-refractivity contribution in [2.75, 3.05) is 30.5 Å². The van der Waals surface area contributed by atoms with E-state index in [1.54, 1.807) is 44.4 Å². The lowest BCUT2D eigenvalue weighted by Crippen LogP contribution is -2.24. The standard InChI is InChI=1S/C16H15N3O2/c1-18-10-7-11(19-2)14(17)13-12(10)15(20)8-5-3-4-6-9(8)16(13)21/h3-7,18-19H,17H2,1-2H3. The third-order valence-electron chi connectivity index (χ3n) is 3.78.